The van der Waals surface area contributed by atoms with Crippen LogP contribution < -0.4 is 11.3 Å². The van der Waals surface area contributed by atoms with E-state index in [9.17, 15) is 4.79 Å². The van der Waals surface area contributed by atoms with E-state index < -0.39 is 0 Å². The summed E-state index contributed by atoms with van der Waals surface area (Å²) in [5.74, 6) is 0.571. The molecule has 102 valence electrons. The van der Waals surface area contributed by atoms with E-state index >= 15 is 0 Å². The lowest BCUT2D eigenvalue weighted by Gasteiger charge is -2.20. The summed E-state index contributed by atoms with van der Waals surface area (Å²) >= 11 is 1.49. The fourth-order valence-electron chi connectivity index (χ4n) is 2.79. The molecular weight excluding hydrogens is 260 g/mol. The van der Waals surface area contributed by atoms with Gasteiger partial charge in [0.1, 0.15) is 0 Å². The monoisotopic (exact) mass is 278 g/mol. The van der Waals surface area contributed by atoms with Crippen LogP contribution in [0, 0.1) is 5.92 Å². The number of fused-ring (bicyclic) bond motifs is 1. The third kappa shape index (κ3) is 2.43. The standard InChI is InChI=1S/C13H18N4OS/c1-9-4-10(6-14)7-16(9)8-11-5-12(18)17-2-3-19-13(17)15-11/h2-3,5,9-10H,4,6-8,14H2,1H3. The molecule has 6 heteroatoms. The SMILES string of the molecule is CC1CC(CN)CN1Cc1cc(=O)n2ccsc2n1. The first-order chi connectivity index (χ1) is 9.17. The Balaban J connectivity index is 1.83. The van der Waals surface area contributed by atoms with Crippen LogP contribution in [-0.4, -0.2) is 33.4 Å². The fourth-order valence-corrected chi connectivity index (χ4v) is 3.52. The van der Waals surface area contributed by atoms with Crippen molar-refractivity contribution in [2.45, 2.75) is 25.9 Å². The molecule has 2 unspecified atom stereocenters. The van der Waals surface area contributed by atoms with Crippen LogP contribution in [0.2, 0.25) is 0 Å². The van der Waals surface area contributed by atoms with Gasteiger partial charge in [0, 0.05) is 36.8 Å². The molecule has 1 aliphatic heterocycles. The summed E-state index contributed by atoms with van der Waals surface area (Å²) in [4.78, 5) is 19.6. The van der Waals surface area contributed by atoms with Crippen LogP contribution in [0.15, 0.2) is 22.4 Å². The minimum Gasteiger partial charge on any atom is -0.330 e. The Hall–Kier alpha value is -1.24. The molecule has 19 heavy (non-hydrogen) atoms. The lowest BCUT2D eigenvalue weighted by Crippen LogP contribution is -2.28. The second-order valence-electron chi connectivity index (χ2n) is 5.26. The number of hydrogen-bond donors (Lipinski definition) is 1. The number of rotatable bonds is 3. The van der Waals surface area contributed by atoms with E-state index in [-0.39, 0.29) is 5.56 Å². The third-order valence-corrected chi connectivity index (χ3v) is 4.60. The van der Waals surface area contributed by atoms with Crippen LogP contribution >= 0.6 is 11.3 Å². The van der Waals surface area contributed by atoms with Crippen molar-refractivity contribution in [2.75, 3.05) is 13.1 Å². The predicted octanol–water partition coefficient (Wildman–Crippen LogP) is 0.925. The van der Waals surface area contributed by atoms with Crippen LogP contribution in [0.4, 0.5) is 0 Å². The van der Waals surface area contributed by atoms with E-state index in [1.807, 2.05) is 5.38 Å². The lowest BCUT2D eigenvalue weighted by molar-refractivity contribution is 0.253. The molecule has 3 heterocycles. The molecule has 2 aromatic heterocycles. The van der Waals surface area contributed by atoms with Gasteiger partial charge < -0.3 is 5.73 Å². The van der Waals surface area contributed by atoms with Gasteiger partial charge in [-0.2, -0.15) is 0 Å². The second-order valence-corrected chi connectivity index (χ2v) is 6.13. The second kappa shape index (κ2) is 5.03. The zero-order chi connectivity index (χ0) is 13.4. The number of nitrogens with two attached hydrogens (primary N) is 1. The Kier molecular flexibility index (Phi) is 3.38. The first-order valence-electron chi connectivity index (χ1n) is 6.57. The highest BCUT2D eigenvalue weighted by atomic mass is 32.1. The minimum absolute atomic E-state index is 0.00322. The number of thiazole rings is 1. The Morgan fingerprint density at radius 3 is 3.16 bits per heavy atom. The highest BCUT2D eigenvalue weighted by molar-refractivity contribution is 7.15. The van der Waals surface area contributed by atoms with E-state index in [0.29, 0.717) is 12.0 Å². The average molecular weight is 278 g/mol. The maximum Gasteiger partial charge on any atom is 0.258 e. The van der Waals surface area contributed by atoms with Gasteiger partial charge in [-0.05, 0) is 25.8 Å². The maximum absolute atomic E-state index is 11.9. The molecule has 5 nitrogen and oxygen atoms in total. The Bertz CT molecular complexity index is 635. The normalized spacial score (nSPS) is 24.3. The highest BCUT2D eigenvalue weighted by Gasteiger charge is 2.28. The van der Waals surface area contributed by atoms with E-state index in [2.05, 4.69) is 16.8 Å². The van der Waals surface area contributed by atoms with Crippen molar-refractivity contribution >= 4 is 16.3 Å². The van der Waals surface area contributed by atoms with Crippen LogP contribution in [0.25, 0.3) is 4.96 Å². The van der Waals surface area contributed by atoms with Gasteiger partial charge in [-0.25, -0.2) is 4.98 Å². The van der Waals surface area contributed by atoms with Gasteiger partial charge in [-0.15, -0.1) is 11.3 Å². The molecule has 0 spiro atoms. The quantitative estimate of drug-likeness (QED) is 0.907. The molecule has 0 saturated carbocycles. The zero-order valence-corrected chi connectivity index (χ0v) is 11.8. The summed E-state index contributed by atoms with van der Waals surface area (Å²) in [5, 5.41) is 1.89. The van der Waals surface area contributed by atoms with E-state index in [1.165, 1.54) is 11.3 Å². The van der Waals surface area contributed by atoms with Gasteiger partial charge in [-0.1, -0.05) is 0 Å². The molecule has 3 rings (SSSR count). The van der Waals surface area contributed by atoms with Crippen molar-refractivity contribution in [2.24, 2.45) is 11.7 Å². The van der Waals surface area contributed by atoms with Gasteiger partial charge in [0.15, 0.2) is 4.96 Å². The van der Waals surface area contributed by atoms with Crippen molar-refractivity contribution in [3.8, 4) is 0 Å². The summed E-state index contributed by atoms with van der Waals surface area (Å²) in [6.45, 7) is 4.69. The summed E-state index contributed by atoms with van der Waals surface area (Å²) in [6.07, 6.45) is 2.90. The topological polar surface area (TPSA) is 63.6 Å². The van der Waals surface area contributed by atoms with Crippen LogP contribution in [0.5, 0.6) is 0 Å². The summed E-state index contributed by atoms with van der Waals surface area (Å²) < 4.78 is 1.59. The Morgan fingerprint density at radius 1 is 1.58 bits per heavy atom. The van der Waals surface area contributed by atoms with Crippen LogP contribution in [0.1, 0.15) is 19.0 Å². The van der Waals surface area contributed by atoms with Crippen molar-refractivity contribution in [3.63, 3.8) is 0 Å². The molecule has 0 aliphatic carbocycles. The third-order valence-electron chi connectivity index (χ3n) is 3.85. The summed E-state index contributed by atoms with van der Waals surface area (Å²) in [7, 11) is 0. The van der Waals surface area contributed by atoms with Gasteiger partial charge in [0.05, 0.1) is 5.69 Å². The maximum atomic E-state index is 11.9. The Labute approximate surface area is 115 Å². The highest BCUT2D eigenvalue weighted by Crippen LogP contribution is 2.23. The molecule has 2 N–H and O–H groups in total. The molecule has 0 bridgehead atoms. The van der Waals surface area contributed by atoms with Crippen molar-refractivity contribution in [3.05, 3.63) is 33.7 Å². The van der Waals surface area contributed by atoms with Crippen LogP contribution in [0.3, 0.4) is 0 Å². The predicted molar refractivity (Wildman–Crippen MR) is 76.4 cm³/mol. The van der Waals surface area contributed by atoms with E-state index in [0.717, 1.165) is 36.7 Å². The van der Waals surface area contributed by atoms with E-state index in [1.54, 1.807) is 16.7 Å². The summed E-state index contributed by atoms with van der Waals surface area (Å²) in [5.41, 5.74) is 6.60. The molecule has 0 amide bonds. The Morgan fingerprint density at radius 2 is 2.42 bits per heavy atom. The molecule has 1 aliphatic rings. The van der Waals surface area contributed by atoms with Gasteiger partial charge in [0.2, 0.25) is 0 Å². The molecule has 0 radical (unpaired) electrons. The summed E-state index contributed by atoms with van der Waals surface area (Å²) in [6, 6.07) is 2.15. The smallest absolute Gasteiger partial charge is 0.258 e. The van der Waals surface area contributed by atoms with Gasteiger partial charge in [-0.3, -0.25) is 14.1 Å². The molecule has 2 atom stereocenters. The van der Waals surface area contributed by atoms with Crippen molar-refractivity contribution in [1.82, 2.24) is 14.3 Å². The number of nitrogens with zero attached hydrogens (tertiary/aromatic N) is 3. The first kappa shape index (κ1) is 12.8. The molecule has 1 saturated heterocycles. The van der Waals surface area contributed by atoms with Crippen molar-refractivity contribution in [1.29, 1.82) is 0 Å². The zero-order valence-electron chi connectivity index (χ0n) is 11.0. The number of aromatic nitrogens is 2. The fraction of sp³-hybridized carbons (Fsp3) is 0.538. The molecule has 2 aromatic rings. The molecular formula is C13H18N4OS. The lowest BCUT2D eigenvalue weighted by atomic mass is 10.1. The van der Waals surface area contributed by atoms with Crippen LogP contribution in [-0.2, 0) is 6.54 Å². The largest absolute Gasteiger partial charge is 0.330 e. The first-order valence-corrected chi connectivity index (χ1v) is 7.45. The number of likely N-dealkylation sites (tertiary alicyclic amines) is 1. The van der Waals surface area contributed by atoms with Crippen molar-refractivity contribution < 1.29 is 0 Å². The number of hydrogen-bond acceptors (Lipinski definition) is 5. The molecule has 0 aromatic carbocycles. The van der Waals surface area contributed by atoms with E-state index in [4.69, 9.17) is 5.73 Å². The van der Waals surface area contributed by atoms with Gasteiger partial charge in [0.25, 0.3) is 5.56 Å². The molecule has 1 fully saturated rings. The minimum atomic E-state index is 0.00322. The average Bonchev–Trinajstić information content (AvgIpc) is 2.97. The van der Waals surface area contributed by atoms with Gasteiger partial charge >= 0.3 is 0 Å².